The first kappa shape index (κ1) is 14.6. The van der Waals surface area contributed by atoms with Crippen LogP contribution >= 0.6 is 11.6 Å². The molecule has 3 heterocycles. The van der Waals surface area contributed by atoms with Gasteiger partial charge < -0.3 is 4.98 Å². The molecule has 6 nitrogen and oxygen atoms in total. The van der Waals surface area contributed by atoms with E-state index < -0.39 is 0 Å². The van der Waals surface area contributed by atoms with Gasteiger partial charge >= 0.3 is 0 Å². The molecule has 1 aromatic carbocycles. The number of H-pyrrole nitrogens is 1. The van der Waals surface area contributed by atoms with Crippen molar-refractivity contribution in [2.24, 2.45) is 0 Å². The molecule has 0 bridgehead atoms. The molecule has 0 atom stereocenters. The van der Waals surface area contributed by atoms with Crippen LogP contribution in [0.2, 0.25) is 5.02 Å². The van der Waals surface area contributed by atoms with Crippen LogP contribution in [0.1, 0.15) is 5.69 Å². The van der Waals surface area contributed by atoms with Crippen molar-refractivity contribution in [3.8, 4) is 17.2 Å². The molecule has 4 aromatic rings. The van der Waals surface area contributed by atoms with Gasteiger partial charge in [-0.2, -0.15) is 5.10 Å². The predicted molar refractivity (Wildman–Crippen MR) is 92.5 cm³/mol. The average Bonchev–Trinajstić information content (AvgIpc) is 2.93. The summed E-state index contributed by atoms with van der Waals surface area (Å²) < 4.78 is 1.60. The van der Waals surface area contributed by atoms with Gasteiger partial charge in [0.15, 0.2) is 11.3 Å². The Kier molecular flexibility index (Phi) is 3.39. The number of aryl methyl sites for hydroxylation is 1. The van der Waals surface area contributed by atoms with Gasteiger partial charge in [-0.05, 0) is 31.2 Å². The number of aromatic nitrogens is 5. The molecular weight excluding hydrogens is 326 g/mol. The molecule has 4 rings (SSSR count). The lowest BCUT2D eigenvalue weighted by atomic mass is 10.3. The molecule has 0 saturated carbocycles. The van der Waals surface area contributed by atoms with E-state index in [1.54, 1.807) is 23.0 Å². The number of pyridine rings is 1. The fourth-order valence-electron chi connectivity index (χ4n) is 2.57. The Bertz CT molecular complexity index is 1100. The summed E-state index contributed by atoms with van der Waals surface area (Å²) in [5.74, 6) is 0.366. The first-order valence-electron chi connectivity index (χ1n) is 7.30. The van der Waals surface area contributed by atoms with E-state index >= 15 is 0 Å². The molecule has 0 aliphatic rings. The maximum atomic E-state index is 12.6. The summed E-state index contributed by atoms with van der Waals surface area (Å²) >= 11 is 5.99. The summed E-state index contributed by atoms with van der Waals surface area (Å²) in [7, 11) is 0. The highest BCUT2D eigenvalue weighted by molar-refractivity contribution is 6.30. The Hall–Kier alpha value is -2.99. The Labute approximate surface area is 141 Å². The zero-order chi connectivity index (χ0) is 16.7. The Morgan fingerprint density at radius 3 is 2.71 bits per heavy atom. The highest BCUT2D eigenvalue weighted by Gasteiger charge is 2.16. The van der Waals surface area contributed by atoms with E-state index in [9.17, 15) is 4.79 Å². The van der Waals surface area contributed by atoms with Crippen LogP contribution in [0.4, 0.5) is 0 Å². The van der Waals surface area contributed by atoms with Crippen LogP contribution in [0, 0.1) is 6.92 Å². The highest BCUT2D eigenvalue weighted by Crippen LogP contribution is 2.21. The summed E-state index contributed by atoms with van der Waals surface area (Å²) in [5, 5.41) is 4.99. The summed E-state index contributed by atoms with van der Waals surface area (Å²) in [6, 6.07) is 12.8. The Morgan fingerprint density at radius 1 is 1.17 bits per heavy atom. The molecular formula is C17H12ClN5O. The van der Waals surface area contributed by atoms with Crippen LogP contribution in [0.5, 0.6) is 0 Å². The minimum atomic E-state index is -0.277. The minimum Gasteiger partial charge on any atom is -0.303 e. The lowest BCUT2D eigenvalue weighted by Gasteiger charge is -2.03. The Morgan fingerprint density at radius 2 is 1.96 bits per heavy atom. The maximum absolute atomic E-state index is 12.6. The maximum Gasteiger partial charge on any atom is 0.277 e. The van der Waals surface area contributed by atoms with E-state index in [1.807, 2.05) is 37.3 Å². The second-order valence-corrected chi connectivity index (χ2v) is 5.74. The van der Waals surface area contributed by atoms with Gasteiger partial charge in [-0.3, -0.25) is 9.78 Å². The SMILES string of the molecule is Cc1nn(-c2ccccc2)c2c(=O)[nH]c(-c3cc(Cl)ccn3)nc12. The third-order valence-corrected chi connectivity index (χ3v) is 3.90. The fourth-order valence-corrected chi connectivity index (χ4v) is 2.73. The summed E-state index contributed by atoms with van der Waals surface area (Å²) in [4.78, 5) is 24.2. The number of aromatic amines is 1. The molecule has 0 saturated heterocycles. The summed E-state index contributed by atoms with van der Waals surface area (Å²) in [6.45, 7) is 1.82. The zero-order valence-electron chi connectivity index (χ0n) is 12.7. The lowest BCUT2D eigenvalue weighted by Crippen LogP contribution is -2.13. The van der Waals surface area contributed by atoms with Crippen molar-refractivity contribution in [1.29, 1.82) is 0 Å². The molecule has 0 fully saturated rings. The molecule has 3 aromatic heterocycles. The fraction of sp³-hybridized carbons (Fsp3) is 0.0588. The van der Waals surface area contributed by atoms with Gasteiger partial charge in [0.1, 0.15) is 11.2 Å². The third-order valence-electron chi connectivity index (χ3n) is 3.66. The van der Waals surface area contributed by atoms with Gasteiger partial charge in [0.05, 0.1) is 11.4 Å². The van der Waals surface area contributed by atoms with Crippen LogP contribution < -0.4 is 5.56 Å². The second kappa shape index (κ2) is 5.58. The van der Waals surface area contributed by atoms with Gasteiger partial charge in [0, 0.05) is 11.2 Å². The van der Waals surface area contributed by atoms with Gasteiger partial charge in [-0.1, -0.05) is 29.8 Å². The number of rotatable bonds is 2. The van der Waals surface area contributed by atoms with Gasteiger partial charge in [-0.25, -0.2) is 9.67 Å². The molecule has 0 aliphatic carbocycles. The van der Waals surface area contributed by atoms with Crippen LogP contribution in [0.3, 0.4) is 0 Å². The van der Waals surface area contributed by atoms with E-state index in [0.29, 0.717) is 33.3 Å². The number of hydrogen-bond acceptors (Lipinski definition) is 4. The molecule has 7 heteroatoms. The number of nitrogens with zero attached hydrogens (tertiary/aromatic N) is 4. The number of nitrogens with one attached hydrogen (secondary N) is 1. The average molecular weight is 338 g/mol. The third kappa shape index (κ3) is 2.37. The molecule has 0 aliphatic heterocycles. The number of para-hydroxylation sites is 1. The monoisotopic (exact) mass is 337 g/mol. The zero-order valence-corrected chi connectivity index (χ0v) is 13.4. The predicted octanol–water partition coefficient (Wildman–Crippen LogP) is 3.13. The lowest BCUT2D eigenvalue weighted by molar-refractivity contribution is 0.884. The van der Waals surface area contributed by atoms with E-state index in [4.69, 9.17) is 11.6 Å². The van der Waals surface area contributed by atoms with Crippen LogP contribution in [-0.4, -0.2) is 24.7 Å². The number of fused-ring (bicyclic) bond motifs is 1. The van der Waals surface area contributed by atoms with E-state index in [-0.39, 0.29) is 5.56 Å². The number of benzene rings is 1. The molecule has 0 unspecified atom stereocenters. The summed E-state index contributed by atoms with van der Waals surface area (Å²) in [5.41, 5.74) is 2.65. The molecule has 0 spiro atoms. The van der Waals surface area contributed by atoms with Crippen LogP contribution in [-0.2, 0) is 0 Å². The van der Waals surface area contributed by atoms with Crippen molar-refractivity contribution < 1.29 is 0 Å². The quantitative estimate of drug-likeness (QED) is 0.609. The number of halogens is 1. The molecule has 0 amide bonds. The Balaban J connectivity index is 1.98. The van der Waals surface area contributed by atoms with E-state index in [1.165, 1.54) is 0 Å². The number of hydrogen-bond donors (Lipinski definition) is 1. The highest BCUT2D eigenvalue weighted by atomic mass is 35.5. The second-order valence-electron chi connectivity index (χ2n) is 5.30. The summed E-state index contributed by atoms with van der Waals surface area (Å²) in [6.07, 6.45) is 1.57. The van der Waals surface area contributed by atoms with Crippen molar-refractivity contribution in [2.45, 2.75) is 6.92 Å². The topological polar surface area (TPSA) is 76.5 Å². The first-order chi connectivity index (χ1) is 11.6. The molecule has 1 N–H and O–H groups in total. The van der Waals surface area contributed by atoms with Crippen molar-refractivity contribution in [1.82, 2.24) is 24.7 Å². The largest absolute Gasteiger partial charge is 0.303 e. The molecule has 118 valence electrons. The van der Waals surface area contributed by atoms with E-state index in [0.717, 1.165) is 5.69 Å². The van der Waals surface area contributed by atoms with Crippen molar-refractivity contribution >= 4 is 22.6 Å². The molecule has 24 heavy (non-hydrogen) atoms. The van der Waals surface area contributed by atoms with Crippen molar-refractivity contribution in [3.05, 3.63) is 69.7 Å². The van der Waals surface area contributed by atoms with E-state index in [2.05, 4.69) is 20.1 Å². The van der Waals surface area contributed by atoms with Crippen molar-refractivity contribution in [3.63, 3.8) is 0 Å². The minimum absolute atomic E-state index is 0.277. The molecule has 0 radical (unpaired) electrons. The van der Waals surface area contributed by atoms with Gasteiger partial charge in [-0.15, -0.1) is 0 Å². The van der Waals surface area contributed by atoms with Gasteiger partial charge in [0.25, 0.3) is 5.56 Å². The normalized spacial score (nSPS) is 11.1. The standard InChI is InChI=1S/C17H12ClN5O/c1-10-14-15(23(22-10)12-5-3-2-4-6-12)17(24)21-16(20-14)13-9-11(18)7-8-19-13/h2-9H,1H3,(H,20,21,24). The first-order valence-corrected chi connectivity index (χ1v) is 7.68. The van der Waals surface area contributed by atoms with Crippen molar-refractivity contribution in [2.75, 3.05) is 0 Å². The van der Waals surface area contributed by atoms with Crippen LogP contribution in [0.25, 0.3) is 28.2 Å². The van der Waals surface area contributed by atoms with Gasteiger partial charge in [0.2, 0.25) is 0 Å². The van der Waals surface area contributed by atoms with Crippen LogP contribution in [0.15, 0.2) is 53.5 Å². The smallest absolute Gasteiger partial charge is 0.277 e.